The molecule has 2 rings (SSSR count). The Balaban J connectivity index is 2.25. The third-order valence-electron chi connectivity index (χ3n) is 3.42. The molecule has 0 aromatic carbocycles. The maximum atomic E-state index is 12.4. The lowest BCUT2D eigenvalue weighted by Gasteiger charge is -2.27. The lowest BCUT2D eigenvalue weighted by Crippen LogP contribution is -2.39. The maximum Gasteiger partial charge on any atom is 0.272 e. The van der Waals surface area contributed by atoms with E-state index in [1.54, 1.807) is 6.07 Å². The highest BCUT2D eigenvalue weighted by Gasteiger charge is 2.32. The fourth-order valence-electron chi connectivity index (χ4n) is 2.59. The minimum absolute atomic E-state index is 0.0246. The number of nitrogens with zero attached hydrogens (tertiary/aromatic N) is 3. The molecule has 1 saturated heterocycles. The molecule has 0 bridgehead atoms. The summed E-state index contributed by atoms with van der Waals surface area (Å²) in [6.45, 7) is 6.93. The van der Waals surface area contributed by atoms with E-state index in [9.17, 15) is 4.79 Å². The number of aryl methyl sites for hydroxylation is 1. The van der Waals surface area contributed by atoms with E-state index < -0.39 is 0 Å². The highest BCUT2D eigenvalue weighted by molar-refractivity contribution is 5.93. The van der Waals surface area contributed by atoms with Crippen LogP contribution in [0.1, 0.15) is 42.9 Å². The lowest BCUT2D eigenvalue weighted by molar-refractivity contribution is 0.0695. The third kappa shape index (κ3) is 2.44. The van der Waals surface area contributed by atoms with Gasteiger partial charge in [0.1, 0.15) is 5.69 Å². The van der Waals surface area contributed by atoms with E-state index >= 15 is 0 Å². The number of anilines is 1. The van der Waals surface area contributed by atoms with E-state index in [-0.39, 0.29) is 11.9 Å². The summed E-state index contributed by atoms with van der Waals surface area (Å²) in [4.78, 5) is 22.4. The van der Waals surface area contributed by atoms with E-state index in [0.29, 0.717) is 17.7 Å². The van der Waals surface area contributed by atoms with Crippen molar-refractivity contribution in [2.24, 2.45) is 5.92 Å². The molecule has 2 heterocycles. The Morgan fingerprint density at radius 3 is 2.83 bits per heavy atom. The first-order chi connectivity index (χ1) is 8.49. The quantitative estimate of drug-likeness (QED) is 0.863. The van der Waals surface area contributed by atoms with Crippen molar-refractivity contribution in [3.8, 4) is 0 Å². The largest absolute Gasteiger partial charge is 0.368 e. The minimum atomic E-state index is -0.0246. The molecule has 2 N–H and O–H groups in total. The third-order valence-corrected chi connectivity index (χ3v) is 3.42. The number of likely N-dealkylation sites (tertiary alicyclic amines) is 1. The van der Waals surface area contributed by atoms with Crippen LogP contribution in [0.3, 0.4) is 0 Å². The molecule has 1 aromatic heterocycles. The number of rotatable bonds is 2. The standard InChI is InChI=1S/C13H20N4O/c1-8(2)11-5-4-6-17(11)12(18)10-7-9(3)15-13(14)16-10/h7-8,11H,4-6H2,1-3H3,(H2,14,15,16). The smallest absolute Gasteiger partial charge is 0.272 e. The van der Waals surface area contributed by atoms with Crippen molar-refractivity contribution in [2.75, 3.05) is 12.3 Å². The van der Waals surface area contributed by atoms with Gasteiger partial charge in [-0.05, 0) is 31.7 Å². The average molecular weight is 248 g/mol. The van der Waals surface area contributed by atoms with Gasteiger partial charge in [-0.2, -0.15) is 0 Å². The van der Waals surface area contributed by atoms with Crippen LogP contribution in [0.4, 0.5) is 5.95 Å². The van der Waals surface area contributed by atoms with Crippen LogP contribution in [-0.2, 0) is 0 Å². The lowest BCUT2D eigenvalue weighted by atomic mass is 10.0. The van der Waals surface area contributed by atoms with Crippen LogP contribution in [0.15, 0.2) is 6.07 Å². The normalized spacial score (nSPS) is 19.6. The molecule has 1 unspecified atom stereocenters. The summed E-state index contributed by atoms with van der Waals surface area (Å²) in [7, 11) is 0. The maximum absolute atomic E-state index is 12.4. The van der Waals surface area contributed by atoms with Gasteiger partial charge in [-0.25, -0.2) is 9.97 Å². The molecule has 1 amide bonds. The van der Waals surface area contributed by atoms with Gasteiger partial charge in [0.15, 0.2) is 0 Å². The first-order valence-electron chi connectivity index (χ1n) is 6.41. The molecule has 1 aliphatic rings. The summed E-state index contributed by atoms with van der Waals surface area (Å²) < 4.78 is 0. The Morgan fingerprint density at radius 2 is 2.22 bits per heavy atom. The van der Waals surface area contributed by atoms with Crippen LogP contribution >= 0.6 is 0 Å². The average Bonchev–Trinajstić information content (AvgIpc) is 2.75. The predicted molar refractivity (Wildman–Crippen MR) is 70.1 cm³/mol. The van der Waals surface area contributed by atoms with Crippen LogP contribution in [0.2, 0.25) is 0 Å². The molecule has 0 spiro atoms. The summed E-state index contributed by atoms with van der Waals surface area (Å²) in [5.74, 6) is 0.610. The Bertz CT molecular complexity index is 438. The molecule has 1 atom stereocenters. The Hall–Kier alpha value is -1.65. The van der Waals surface area contributed by atoms with Gasteiger partial charge in [0, 0.05) is 18.3 Å². The van der Waals surface area contributed by atoms with E-state index in [4.69, 9.17) is 5.73 Å². The van der Waals surface area contributed by atoms with Crippen LogP contribution in [-0.4, -0.2) is 33.4 Å². The zero-order valence-electron chi connectivity index (χ0n) is 11.2. The first kappa shape index (κ1) is 12.8. The molecule has 98 valence electrons. The fourth-order valence-corrected chi connectivity index (χ4v) is 2.59. The van der Waals surface area contributed by atoms with Gasteiger partial charge in [0.05, 0.1) is 0 Å². The van der Waals surface area contributed by atoms with Crippen LogP contribution < -0.4 is 5.73 Å². The second kappa shape index (κ2) is 4.92. The van der Waals surface area contributed by atoms with Gasteiger partial charge in [0.2, 0.25) is 5.95 Å². The monoisotopic (exact) mass is 248 g/mol. The first-order valence-corrected chi connectivity index (χ1v) is 6.41. The zero-order valence-corrected chi connectivity index (χ0v) is 11.2. The minimum Gasteiger partial charge on any atom is -0.368 e. The highest BCUT2D eigenvalue weighted by Crippen LogP contribution is 2.25. The molecule has 0 aliphatic carbocycles. The van der Waals surface area contributed by atoms with Crippen molar-refractivity contribution in [3.63, 3.8) is 0 Å². The summed E-state index contributed by atoms with van der Waals surface area (Å²) in [5, 5.41) is 0. The molecule has 1 aliphatic heterocycles. The van der Waals surface area contributed by atoms with Gasteiger partial charge in [-0.15, -0.1) is 0 Å². The summed E-state index contributed by atoms with van der Waals surface area (Å²) in [5.41, 5.74) is 6.74. The SMILES string of the molecule is Cc1cc(C(=O)N2CCCC2C(C)C)nc(N)n1. The molecular weight excluding hydrogens is 228 g/mol. The number of aromatic nitrogens is 2. The molecule has 1 aromatic rings. The van der Waals surface area contributed by atoms with Crippen molar-refractivity contribution >= 4 is 11.9 Å². The number of carbonyl (C=O) groups is 1. The zero-order chi connectivity index (χ0) is 13.3. The van der Waals surface area contributed by atoms with Gasteiger partial charge < -0.3 is 10.6 Å². The van der Waals surface area contributed by atoms with Crippen molar-refractivity contribution < 1.29 is 4.79 Å². The predicted octanol–water partition coefficient (Wildman–Crippen LogP) is 1.63. The number of amides is 1. The van der Waals surface area contributed by atoms with E-state index in [1.807, 2.05) is 11.8 Å². The van der Waals surface area contributed by atoms with Gasteiger partial charge in [-0.3, -0.25) is 4.79 Å². The highest BCUT2D eigenvalue weighted by atomic mass is 16.2. The van der Waals surface area contributed by atoms with Crippen molar-refractivity contribution in [2.45, 2.75) is 39.7 Å². The Morgan fingerprint density at radius 1 is 1.50 bits per heavy atom. The van der Waals surface area contributed by atoms with Crippen LogP contribution in [0.5, 0.6) is 0 Å². The molecular formula is C13H20N4O. The molecule has 1 fully saturated rings. The molecule has 5 heteroatoms. The molecule has 18 heavy (non-hydrogen) atoms. The Kier molecular flexibility index (Phi) is 3.50. The Labute approximate surface area is 107 Å². The second-order valence-electron chi connectivity index (χ2n) is 5.20. The summed E-state index contributed by atoms with van der Waals surface area (Å²) in [6.07, 6.45) is 2.14. The topological polar surface area (TPSA) is 72.1 Å². The number of carbonyl (C=O) groups excluding carboxylic acids is 1. The van der Waals surface area contributed by atoms with E-state index in [2.05, 4.69) is 23.8 Å². The van der Waals surface area contributed by atoms with E-state index in [0.717, 1.165) is 25.1 Å². The summed E-state index contributed by atoms with van der Waals surface area (Å²) >= 11 is 0. The molecule has 0 saturated carbocycles. The number of nitrogens with two attached hydrogens (primary N) is 1. The van der Waals surface area contributed by atoms with Crippen molar-refractivity contribution in [1.29, 1.82) is 0 Å². The van der Waals surface area contributed by atoms with Gasteiger partial charge in [0.25, 0.3) is 5.91 Å². The van der Waals surface area contributed by atoms with Crippen molar-refractivity contribution in [3.05, 3.63) is 17.5 Å². The van der Waals surface area contributed by atoms with Gasteiger partial charge >= 0.3 is 0 Å². The number of hydrogen-bond acceptors (Lipinski definition) is 4. The van der Waals surface area contributed by atoms with Crippen molar-refractivity contribution in [1.82, 2.24) is 14.9 Å². The van der Waals surface area contributed by atoms with Crippen LogP contribution in [0.25, 0.3) is 0 Å². The number of hydrogen-bond donors (Lipinski definition) is 1. The second-order valence-corrected chi connectivity index (χ2v) is 5.20. The fraction of sp³-hybridized carbons (Fsp3) is 0.615. The summed E-state index contributed by atoms with van der Waals surface area (Å²) in [6, 6.07) is 2.02. The molecule has 5 nitrogen and oxygen atoms in total. The van der Waals surface area contributed by atoms with Gasteiger partial charge in [-0.1, -0.05) is 13.8 Å². The van der Waals surface area contributed by atoms with E-state index in [1.165, 1.54) is 0 Å². The van der Waals surface area contributed by atoms with Crippen LogP contribution in [0, 0.1) is 12.8 Å². The molecule has 0 radical (unpaired) electrons. The number of nitrogen functional groups attached to an aromatic ring is 1.